The quantitative estimate of drug-likeness (QED) is 0.863. The maximum Gasteiger partial charge on any atom is 0.339 e. The molecule has 0 aromatic heterocycles. The molecule has 1 atom stereocenters. The molecule has 2 aromatic carbocycles. The molecule has 132 valence electrons. The number of esters is 1. The third-order valence-electron chi connectivity index (χ3n) is 4.71. The third kappa shape index (κ3) is 2.94. The van der Waals surface area contributed by atoms with Gasteiger partial charge in [-0.25, -0.2) is 4.79 Å². The Morgan fingerprint density at radius 2 is 1.85 bits per heavy atom. The zero-order valence-electron chi connectivity index (χ0n) is 14.1. The van der Waals surface area contributed by atoms with E-state index in [0.717, 1.165) is 12.0 Å². The van der Waals surface area contributed by atoms with Gasteiger partial charge in [0.05, 0.1) is 16.9 Å². The summed E-state index contributed by atoms with van der Waals surface area (Å²) in [7, 11) is 0. The molecular formula is C20H18N2O4. The average Bonchev–Trinajstić information content (AvgIpc) is 3.08. The molecule has 0 radical (unpaired) electrons. The van der Waals surface area contributed by atoms with E-state index >= 15 is 0 Å². The van der Waals surface area contributed by atoms with Crippen molar-refractivity contribution in [1.82, 2.24) is 0 Å². The Labute approximate surface area is 150 Å². The molecule has 6 heteroatoms. The smallest absolute Gasteiger partial charge is 0.339 e. The van der Waals surface area contributed by atoms with Gasteiger partial charge in [-0.1, -0.05) is 30.3 Å². The summed E-state index contributed by atoms with van der Waals surface area (Å²) >= 11 is 0. The number of carbonyl (C=O) groups is 3. The number of ether oxygens (including phenoxy) is 1. The second-order valence-electron chi connectivity index (χ2n) is 6.41. The van der Waals surface area contributed by atoms with Crippen molar-refractivity contribution in [2.45, 2.75) is 25.4 Å². The Hall–Kier alpha value is -3.15. The number of cyclic esters (lactones) is 1. The van der Waals surface area contributed by atoms with Crippen molar-refractivity contribution in [2.24, 2.45) is 0 Å². The van der Waals surface area contributed by atoms with Gasteiger partial charge in [0.25, 0.3) is 5.91 Å². The average molecular weight is 350 g/mol. The Bertz CT molecular complexity index is 893. The largest absolute Gasteiger partial charge is 0.448 e. The van der Waals surface area contributed by atoms with E-state index in [1.54, 1.807) is 35.2 Å². The summed E-state index contributed by atoms with van der Waals surface area (Å²) < 4.78 is 5.30. The molecule has 1 N–H and O–H groups in total. The highest BCUT2D eigenvalue weighted by atomic mass is 16.5. The van der Waals surface area contributed by atoms with E-state index in [1.165, 1.54) is 0 Å². The van der Waals surface area contributed by atoms with E-state index in [2.05, 4.69) is 5.32 Å². The number of carbonyl (C=O) groups excluding carboxylic acids is 3. The number of nitrogens with one attached hydrogen (secondary N) is 1. The first-order valence-corrected chi connectivity index (χ1v) is 8.62. The van der Waals surface area contributed by atoms with E-state index in [0.29, 0.717) is 36.3 Å². The standard InChI is InChI=1S/C20H18N2O4/c23-18-10-5-11-22(18)16-9-4-3-8-15(16)21-19(24)17-12-13-6-1-2-7-14(13)20(25)26-17/h1-4,6-9,17H,5,10-12H2,(H,21,24). The van der Waals surface area contributed by atoms with Gasteiger partial charge >= 0.3 is 5.97 Å². The van der Waals surface area contributed by atoms with Crippen molar-refractivity contribution in [2.75, 3.05) is 16.8 Å². The maximum absolute atomic E-state index is 12.7. The molecular weight excluding hydrogens is 332 g/mol. The number of benzene rings is 2. The van der Waals surface area contributed by atoms with Gasteiger partial charge in [0.15, 0.2) is 6.10 Å². The Kier molecular flexibility index (Phi) is 4.16. The molecule has 26 heavy (non-hydrogen) atoms. The van der Waals surface area contributed by atoms with E-state index in [4.69, 9.17) is 4.74 Å². The molecule has 1 unspecified atom stereocenters. The Balaban J connectivity index is 1.55. The number of nitrogens with zero attached hydrogens (tertiary/aromatic N) is 1. The topological polar surface area (TPSA) is 75.7 Å². The summed E-state index contributed by atoms with van der Waals surface area (Å²) in [5.74, 6) is -0.841. The first-order chi connectivity index (χ1) is 12.6. The summed E-state index contributed by atoms with van der Waals surface area (Å²) in [5.41, 5.74) is 2.51. The maximum atomic E-state index is 12.7. The minimum absolute atomic E-state index is 0.0460. The Morgan fingerprint density at radius 3 is 2.65 bits per heavy atom. The highest BCUT2D eigenvalue weighted by molar-refractivity contribution is 6.04. The van der Waals surface area contributed by atoms with Crippen molar-refractivity contribution >= 4 is 29.2 Å². The van der Waals surface area contributed by atoms with Crippen LogP contribution in [0.5, 0.6) is 0 Å². The minimum Gasteiger partial charge on any atom is -0.448 e. The van der Waals surface area contributed by atoms with E-state index in [1.807, 2.05) is 18.2 Å². The second-order valence-corrected chi connectivity index (χ2v) is 6.41. The zero-order valence-corrected chi connectivity index (χ0v) is 14.1. The third-order valence-corrected chi connectivity index (χ3v) is 4.71. The van der Waals surface area contributed by atoms with Crippen LogP contribution in [0.3, 0.4) is 0 Å². The molecule has 1 fully saturated rings. The van der Waals surface area contributed by atoms with Gasteiger partial charge in [-0.3, -0.25) is 9.59 Å². The van der Waals surface area contributed by atoms with Crippen LogP contribution in [0.25, 0.3) is 0 Å². The summed E-state index contributed by atoms with van der Waals surface area (Å²) in [6, 6.07) is 14.3. The van der Waals surface area contributed by atoms with Crippen LogP contribution in [0.2, 0.25) is 0 Å². The molecule has 4 rings (SSSR count). The summed E-state index contributed by atoms with van der Waals surface area (Å²) in [6.45, 7) is 0.636. The molecule has 2 aromatic rings. The van der Waals surface area contributed by atoms with Gasteiger partial charge in [0.1, 0.15) is 0 Å². The van der Waals surface area contributed by atoms with Gasteiger partial charge in [0, 0.05) is 19.4 Å². The summed E-state index contributed by atoms with van der Waals surface area (Å²) in [4.78, 5) is 38.5. The normalized spacial score (nSPS) is 19.1. The zero-order chi connectivity index (χ0) is 18.1. The van der Waals surface area contributed by atoms with Gasteiger partial charge < -0.3 is 15.0 Å². The molecule has 0 aliphatic carbocycles. The van der Waals surface area contributed by atoms with Crippen LogP contribution >= 0.6 is 0 Å². The van der Waals surface area contributed by atoms with Crippen molar-refractivity contribution < 1.29 is 19.1 Å². The van der Waals surface area contributed by atoms with Crippen LogP contribution in [0, 0.1) is 0 Å². The predicted molar refractivity (Wildman–Crippen MR) is 96.0 cm³/mol. The number of hydrogen-bond acceptors (Lipinski definition) is 4. The van der Waals surface area contributed by atoms with Gasteiger partial charge in [-0.05, 0) is 30.2 Å². The molecule has 2 aliphatic heterocycles. The van der Waals surface area contributed by atoms with Crippen LogP contribution in [0.15, 0.2) is 48.5 Å². The lowest BCUT2D eigenvalue weighted by Gasteiger charge is -2.25. The molecule has 2 heterocycles. The summed E-state index contributed by atoms with van der Waals surface area (Å²) in [6.07, 6.45) is 0.760. The number of amides is 2. The van der Waals surface area contributed by atoms with Crippen molar-refractivity contribution in [3.05, 3.63) is 59.7 Å². The molecule has 2 aliphatic rings. The highest BCUT2D eigenvalue weighted by Crippen LogP contribution is 2.30. The number of para-hydroxylation sites is 2. The molecule has 6 nitrogen and oxygen atoms in total. The first kappa shape index (κ1) is 16.3. The van der Waals surface area contributed by atoms with Crippen LogP contribution in [-0.2, 0) is 20.7 Å². The first-order valence-electron chi connectivity index (χ1n) is 8.62. The van der Waals surface area contributed by atoms with Crippen molar-refractivity contribution in [3.63, 3.8) is 0 Å². The van der Waals surface area contributed by atoms with Gasteiger partial charge in [-0.15, -0.1) is 0 Å². The van der Waals surface area contributed by atoms with Crippen LogP contribution in [-0.4, -0.2) is 30.4 Å². The van der Waals surface area contributed by atoms with E-state index in [9.17, 15) is 14.4 Å². The van der Waals surface area contributed by atoms with E-state index < -0.39 is 18.0 Å². The Morgan fingerprint density at radius 1 is 1.08 bits per heavy atom. The van der Waals surface area contributed by atoms with Gasteiger partial charge in [0.2, 0.25) is 5.91 Å². The molecule has 2 amide bonds. The minimum atomic E-state index is -0.889. The highest BCUT2D eigenvalue weighted by Gasteiger charge is 2.32. The monoisotopic (exact) mass is 350 g/mol. The fraction of sp³-hybridized carbons (Fsp3) is 0.250. The second kappa shape index (κ2) is 6.63. The molecule has 0 spiro atoms. The number of anilines is 2. The SMILES string of the molecule is O=C1OC(C(=O)Nc2ccccc2N2CCCC2=O)Cc2ccccc21. The number of fused-ring (bicyclic) bond motifs is 1. The van der Waals surface area contributed by atoms with Crippen LogP contribution < -0.4 is 10.2 Å². The van der Waals surface area contributed by atoms with Crippen molar-refractivity contribution in [3.8, 4) is 0 Å². The molecule has 1 saturated heterocycles. The lowest BCUT2D eigenvalue weighted by atomic mass is 9.98. The fourth-order valence-electron chi connectivity index (χ4n) is 3.41. The fourth-order valence-corrected chi connectivity index (χ4v) is 3.41. The number of rotatable bonds is 3. The van der Waals surface area contributed by atoms with Crippen LogP contribution in [0.4, 0.5) is 11.4 Å². The summed E-state index contributed by atoms with van der Waals surface area (Å²) in [5, 5.41) is 2.82. The van der Waals surface area contributed by atoms with Gasteiger partial charge in [-0.2, -0.15) is 0 Å². The van der Waals surface area contributed by atoms with Crippen LogP contribution in [0.1, 0.15) is 28.8 Å². The molecule has 0 saturated carbocycles. The lowest BCUT2D eigenvalue weighted by Crippen LogP contribution is -2.38. The molecule has 0 bridgehead atoms. The van der Waals surface area contributed by atoms with E-state index in [-0.39, 0.29) is 5.91 Å². The number of hydrogen-bond donors (Lipinski definition) is 1. The van der Waals surface area contributed by atoms with Crippen molar-refractivity contribution in [1.29, 1.82) is 0 Å². The lowest BCUT2D eigenvalue weighted by molar-refractivity contribution is -0.125. The predicted octanol–water partition coefficient (Wildman–Crippen LogP) is 2.53.